The third-order valence-corrected chi connectivity index (χ3v) is 10.9. The molecule has 180 valence electrons. The molecule has 9 rings (SSSR count). The zero-order valence-corrected chi connectivity index (χ0v) is 21.0. The fourth-order valence-electron chi connectivity index (χ4n) is 9.89. The van der Waals surface area contributed by atoms with Gasteiger partial charge in [-0.2, -0.15) is 0 Å². The van der Waals surface area contributed by atoms with Crippen LogP contribution in [0.15, 0.2) is 48.5 Å². The second kappa shape index (κ2) is 7.77. The van der Waals surface area contributed by atoms with Gasteiger partial charge < -0.3 is 9.47 Å². The number of benzene rings is 2. The van der Waals surface area contributed by atoms with E-state index in [2.05, 4.69) is 62.4 Å². The van der Waals surface area contributed by atoms with Crippen molar-refractivity contribution >= 4 is 0 Å². The van der Waals surface area contributed by atoms with Crippen LogP contribution in [0.3, 0.4) is 0 Å². The van der Waals surface area contributed by atoms with Gasteiger partial charge in [-0.1, -0.05) is 38.1 Å². The van der Waals surface area contributed by atoms with Crippen LogP contribution in [0.2, 0.25) is 0 Å². The van der Waals surface area contributed by atoms with Crippen LogP contribution in [0.25, 0.3) is 0 Å². The zero-order chi connectivity index (χ0) is 22.9. The van der Waals surface area contributed by atoms with E-state index in [4.69, 9.17) is 9.47 Å². The Balaban J connectivity index is 1.14. The van der Waals surface area contributed by atoms with Gasteiger partial charge in [-0.05, 0) is 133 Å². The molecule has 7 aliphatic rings. The first-order chi connectivity index (χ1) is 16.6. The van der Waals surface area contributed by atoms with Crippen molar-refractivity contribution in [2.24, 2.45) is 35.5 Å². The second-order valence-electron chi connectivity index (χ2n) is 12.5. The molecule has 0 N–H and O–H groups in total. The third-order valence-electron chi connectivity index (χ3n) is 10.9. The van der Waals surface area contributed by atoms with E-state index in [0.29, 0.717) is 10.8 Å². The van der Waals surface area contributed by atoms with Crippen LogP contribution in [0.4, 0.5) is 0 Å². The van der Waals surface area contributed by atoms with E-state index >= 15 is 0 Å². The van der Waals surface area contributed by atoms with Crippen LogP contribution in [0, 0.1) is 35.5 Å². The maximum atomic E-state index is 5.89. The number of ether oxygens (including phenoxy) is 2. The van der Waals surface area contributed by atoms with E-state index in [1.807, 2.05) is 0 Å². The Kier molecular flexibility index (Phi) is 4.88. The summed E-state index contributed by atoms with van der Waals surface area (Å²) in [5, 5.41) is 0. The van der Waals surface area contributed by atoms with Gasteiger partial charge in [0.25, 0.3) is 0 Å². The second-order valence-corrected chi connectivity index (χ2v) is 12.5. The molecule has 2 nitrogen and oxygen atoms in total. The van der Waals surface area contributed by atoms with E-state index in [9.17, 15) is 0 Å². The summed E-state index contributed by atoms with van der Waals surface area (Å²) in [7, 11) is 0. The Morgan fingerprint density at radius 2 is 0.824 bits per heavy atom. The molecule has 0 saturated heterocycles. The van der Waals surface area contributed by atoms with Crippen LogP contribution >= 0.6 is 0 Å². The van der Waals surface area contributed by atoms with Crippen LogP contribution in [-0.2, 0) is 10.8 Å². The molecule has 8 bridgehead atoms. The average molecular weight is 457 g/mol. The van der Waals surface area contributed by atoms with E-state index in [0.717, 1.165) is 73.1 Å². The quantitative estimate of drug-likeness (QED) is 0.408. The zero-order valence-electron chi connectivity index (χ0n) is 21.0. The highest BCUT2D eigenvalue weighted by Gasteiger charge is 2.70. The SMILES string of the molecule is CCCOc1ccc(C23CC4C5CC6(c7ccc(OCCC)cc7)CC4C(C2)C(C6)C5C3)cc1. The Bertz CT molecular complexity index is 887. The van der Waals surface area contributed by atoms with Crippen molar-refractivity contribution in [2.75, 3.05) is 13.2 Å². The van der Waals surface area contributed by atoms with E-state index in [1.165, 1.54) is 38.5 Å². The summed E-state index contributed by atoms with van der Waals surface area (Å²) in [5.74, 6) is 7.87. The molecule has 0 unspecified atom stereocenters. The summed E-state index contributed by atoms with van der Waals surface area (Å²) < 4.78 is 11.8. The standard InChI is InChI=1S/C32H40O2/c1-3-13-33-23-9-5-21(6-10-23)31-15-25-28-18-32(22-7-11-24(12-8-22)34-14-4-2)19-29(25)27(17-31)30(20-32)26(28)16-31/h5-12,25-30H,3-4,13-20H2,1-2H3. The monoisotopic (exact) mass is 456 g/mol. The molecule has 7 aliphatic carbocycles. The van der Waals surface area contributed by atoms with Gasteiger partial charge in [0.15, 0.2) is 0 Å². The minimum Gasteiger partial charge on any atom is -0.494 e. The summed E-state index contributed by atoms with van der Waals surface area (Å²) in [6.07, 6.45) is 10.8. The Hall–Kier alpha value is -1.96. The highest BCUT2D eigenvalue weighted by Crippen LogP contribution is 2.77. The van der Waals surface area contributed by atoms with Crippen molar-refractivity contribution in [1.29, 1.82) is 0 Å². The lowest BCUT2D eigenvalue weighted by Crippen LogP contribution is -2.69. The molecule has 0 aromatic heterocycles. The summed E-state index contributed by atoms with van der Waals surface area (Å²) in [6, 6.07) is 18.6. The van der Waals surface area contributed by atoms with Gasteiger partial charge in [-0.15, -0.1) is 0 Å². The van der Waals surface area contributed by atoms with E-state index in [-0.39, 0.29) is 0 Å². The molecule has 0 aliphatic heterocycles. The molecule has 2 aromatic rings. The normalized spacial score (nSPS) is 40.6. The lowest BCUT2D eigenvalue weighted by molar-refractivity contribution is -0.221. The van der Waals surface area contributed by atoms with Crippen molar-refractivity contribution < 1.29 is 9.47 Å². The molecule has 0 heterocycles. The van der Waals surface area contributed by atoms with Crippen LogP contribution < -0.4 is 9.47 Å². The Labute approximate surface area is 205 Å². The molecule has 0 radical (unpaired) electrons. The Morgan fingerprint density at radius 3 is 1.09 bits per heavy atom. The molecule has 2 aromatic carbocycles. The highest BCUT2D eigenvalue weighted by molar-refractivity contribution is 5.40. The fourth-order valence-corrected chi connectivity index (χ4v) is 9.89. The van der Waals surface area contributed by atoms with Gasteiger partial charge in [-0.25, -0.2) is 0 Å². The molecule has 0 amide bonds. The van der Waals surface area contributed by atoms with Gasteiger partial charge in [0, 0.05) is 0 Å². The third kappa shape index (κ3) is 2.99. The molecule has 7 fully saturated rings. The maximum Gasteiger partial charge on any atom is 0.119 e. The number of rotatable bonds is 8. The van der Waals surface area contributed by atoms with Gasteiger partial charge in [0.05, 0.1) is 13.2 Å². The topological polar surface area (TPSA) is 18.5 Å². The molecular weight excluding hydrogens is 416 g/mol. The summed E-state index contributed by atoms with van der Waals surface area (Å²) in [6.45, 7) is 5.98. The van der Waals surface area contributed by atoms with Gasteiger partial charge in [0.2, 0.25) is 0 Å². The first-order valence-electron chi connectivity index (χ1n) is 14.1. The summed E-state index contributed by atoms with van der Waals surface area (Å²) in [5.41, 5.74) is 4.12. The van der Waals surface area contributed by atoms with E-state index < -0.39 is 0 Å². The number of hydrogen-bond donors (Lipinski definition) is 0. The first kappa shape index (κ1) is 21.3. The Morgan fingerprint density at radius 1 is 0.529 bits per heavy atom. The molecule has 2 heteroatoms. The average Bonchev–Trinajstić information content (AvgIpc) is 2.89. The van der Waals surface area contributed by atoms with Crippen molar-refractivity contribution in [1.82, 2.24) is 0 Å². The highest BCUT2D eigenvalue weighted by atomic mass is 16.5. The molecule has 34 heavy (non-hydrogen) atoms. The van der Waals surface area contributed by atoms with Crippen LogP contribution in [-0.4, -0.2) is 13.2 Å². The van der Waals surface area contributed by atoms with Gasteiger partial charge in [0.1, 0.15) is 11.5 Å². The van der Waals surface area contributed by atoms with Gasteiger partial charge >= 0.3 is 0 Å². The largest absolute Gasteiger partial charge is 0.494 e. The summed E-state index contributed by atoms with van der Waals surface area (Å²) in [4.78, 5) is 0. The molecule has 7 saturated carbocycles. The van der Waals surface area contributed by atoms with E-state index in [1.54, 1.807) is 11.1 Å². The predicted molar refractivity (Wildman–Crippen MR) is 136 cm³/mol. The van der Waals surface area contributed by atoms with Crippen molar-refractivity contribution in [2.45, 2.75) is 76.0 Å². The molecule has 0 spiro atoms. The van der Waals surface area contributed by atoms with Crippen LogP contribution in [0.1, 0.15) is 76.3 Å². The number of hydrogen-bond acceptors (Lipinski definition) is 2. The lowest BCUT2D eigenvalue weighted by atomic mass is 9.29. The molecular formula is C32H40O2. The lowest BCUT2D eigenvalue weighted by Gasteiger charge is -2.75. The summed E-state index contributed by atoms with van der Waals surface area (Å²) >= 11 is 0. The van der Waals surface area contributed by atoms with Crippen molar-refractivity contribution in [3.8, 4) is 11.5 Å². The van der Waals surface area contributed by atoms with Gasteiger partial charge in [-0.3, -0.25) is 0 Å². The first-order valence-corrected chi connectivity index (χ1v) is 14.1. The maximum absolute atomic E-state index is 5.89. The predicted octanol–water partition coefficient (Wildman–Crippen LogP) is 7.55. The van der Waals surface area contributed by atoms with Crippen LogP contribution in [0.5, 0.6) is 11.5 Å². The fraction of sp³-hybridized carbons (Fsp3) is 0.625. The minimum absolute atomic E-state index is 0.447. The minimum atomic E-state index is 0.447. The molecule has 0 atom stereocenters. The van der Waals surface area contributed by atoms with Crippen molar-refractivity contribution in [3.63, 3.8) is 0 Å². The van der Waals surface area contributed by atoms with Crippen molar-refractivity contribution in [3.05, 3.63) is 59.7 Å². The smallest absolute Gasteiger partial charge is 0.119 e.